The smallest absolute Gasteiger partial charge is 0.173 e. The van der Waals surface area contributed by atoms with Crippen molar-refractivity contribution in [1.29, 1.82) is 0 Å². The van der Waals surface area contributed by atoms with E-state index in [9.17, 15) is 8.78 Å². The van der Waals surface area contributed by atoms with E-state index >= 15 is 0 Å². The first-order chi connectivity index (χ1) is 10.1. The van der Waals surface area contributed by atoms with Crippen LogP contribution in [-0.4, -0.2) is 0 Å². The predicted octanol–water partition coefficient (Wildman–Crippen LogP) is 4.25. The Morgan fingerprint density at radius 3 is 2.48 bits per heavy atom. The Morgan fingerprint density at radius 1 is 1.10 bits per heavy atom. The number of nitrogens with two attached hydrogens (primary N) is 1. The quantitative estimate of drug-likeness (QED) is 0.462. The van der Waals surface area contributed by atoms with E-state index in [0.717, 1.165) is 25.3 Å². The molecule has 0 aliphatic rings. The maximum atomic E-state index is 13.6. The SMILES string of the molecule is NNC(CCCc1ccccc1)c1ccc(F)c(F)c1Br. The molecule has 0 aliphatic carbocycles. The van der Waals surface area contributed by atoms with E-state index < -0.39 is 11.6 Å². The molecule has 0 bridgehead atoms. The Hall–Kier alpha value is -1.30. The molecule has 0 spiro atoms. The summed E-state index contributed by atoms with van der Waals surface area (Å²) >= 11 is 3.10. The number of hydrogen-bond donors (Lipinski definition) is 2. The molecule has 2 nitrogen and oxygen atoms in total. The van der Waals surface area contributed by atoms with E-state index in [1.165, 1.54) is 5.56 Å². The van der Waals surface area contributed by atoms with Crippen LogP contribution in [0.1, 0.15) is 30.0 Å². The zero-order valence-electron chi connectivity index (χ0n) is 11.5. The third kappa shape index (κ3) is 4.09. The van der Waals surface area contributed by atoms with Gasteiger partial charge in [0.05, 0.1) is 4.47 Å². The van der Waals surface area contributed by atoms with Crippen molar-refractivity contribution in [3.63, 3.8) is 0 Å². The molecule has 1 atom stereocenters. The lowest BCUT2D eigenvalue weighted by Crippen LogP contribution is -2.28. The van der Waals surface area contributed by atoms with E-state index in [1.807, 2.05) is 18.2 Å². The summed E-state index contributed by atoms with van der Waals surface area (Å²) in [5, 5.41) is 0. The zero-order valence-corrected chi connectivity index (χ0v) is 13.0. The van der Waals surface area contributed by atoms with Gasteiger partial charge in [0, 0.05) is 6.04 Å². The fourth-order valence-electron chi connectivity index (χ4n) is 2.29. The highest BCUT2D eigenvalue weighted by Crippen LogP contribution is 2.30. The molecule has 112 valence electrons. The van der Waals surface area contributed by atoms with Crippen molar-refractivity contribution in [2.24, 2.45) is 5.84 Å². The highest BCUT2D eigenvalue weighted by molar-refractivity contribution is 9.10. The summed E-state index contributed by atoms with van der Waals surface area (Å²) in [6, 6.07) is 12.6. The van der Waals surface area contributed by atoms with Crippen molar-refractivity contribution in [3.05, 3.63) is 69.7 Å². The van der Waals surface area contributed by atoms with Crippen molar-refractivity contribution < 1.29 is 8.78 Å². The average molecular weight is 355 g/mol. The third-order valence-corrected chi connectivity index (χ3v) is 4.25. The van der Waals surface area contributed by atoms with Gasteiger partial charge in [-0.15, -0.1) is 0 Å². The Bertz CT molecular complexity index is 590. The molecular weight excluding hydrogens is 338 g/mol. The van der Waals surface area contributed by atoms with Gasteiger partial charge < -0.3 is 0 Å². The highest BCUT2D eigenvalue weighted by Gasteiger charge is 2.18. The van der Waals surface area contributed by atoms with E-state index in [-0.39, 0.29) is 10.5 Å². The normalized spacial score (nSPS) is 12.4. The first kappa shape index (κ1) is 16.1. The van der Waals surface area contributed by atoms with Crippen LogP contribution in [0.4, 0.5) is 8.78 Å². The first-order valence-corrected chi connectivity index (χ1v) is 7.56. The summed E-state index contributed by atoms with van der Waals surface area (Å²) in [6.07, 6.45) is 2.54. The average Bonchev–Trinajstić information content (AvgIpc) is 2.51. The number of hydrazine groups is 1. The van der Waals surface area contributed by atoms with Crippen LogP contribution < -0.4 is 11.3 Å². The number of halogens is 3. The maximum Gasteiger partial charge on any atom is 0.173 e. The van der Waals surface area contributed by atoms with Gasteiger partial charge in [0.2, 0.25) is 0 Å². The Balaban J connectivity index is 2.02. The van der Waals surface area contributed by atoms with Gasteiger partial charge in [-0.25, -0.2) is 8.78 Å². The van der Waals surface area contributed by atoms with Gasteiger partial charge in [-0.1, -0.05) is 36.4 Å². The second kappa shape index (κ2) is 7.64. The molecule has 0 amide bonds. The molecule has 1 unspecified atom stereocenters. The van der Waals surface area contributed by atoms with Crippen molar-refractivity contribution in [1.82, 2.24) is 5.43 Å². The maximum absolute atomic E-state index is 13.6. The molecule has 2 aromatic carbocycles. The van der Waals surface area contributed by atoms with Crippen LogP contribution in [0.3, 0.4) is 0 Å². The molecule has 0 heterocycles. The highest BCUT2D eigenvalue weighted by atomic mass is 79.9. The molecule has 0 aromatic heterocycles. The van der Waals surface area contributed by atoms with Crippen molar-refractivity contribution in [3.8, 4) is 0 Å². The Morgan fingerprint density at radius 2 is 1.81 bits per heavy atom. The molecule has 0 saturated carbocycles. The molecule has 2 aromatic rings. The van der Waals surface area contributed by atoms with Crippen molar-refractivity contribution in [2.75, 3.05) is 0 Å². The monoisotopic (exact) mass is 354 g/mol. The number of nitrogens with one attached hydrogen (secondary N) is 1. The van der Waals surface area contributed by atoms with Gasteiger partial charge in [-0.3, -0.25) is 11.3 Å². The lowest BCUT2D eigenvalue weighted by atomic mass is 9.99. The van der Waals surface area contributed by atoms with Gasteiger partial charge >= 0.3 is 0 Å². The Labute approximate surface area is 131 Å². The summed E-state index contributed by atoms with van der Waals surface area (Å²) in [5.41, 5.74) is 4.55. The molecule has 3 N–H and O–H groups in total. The van der Waals surface area contributed by atoms with E-state index in [1.54, 1.807) is 6.07 Å². The zero-order chi connectivity index (χ0) is 15.2. The molecule has 21 heavy (non-hydrogen) atoms. The van der Waals surface area contributed by atoms with E-state index in [4.69, 9.17) is 5.84 Å². The van der Waals surface area contributed by atoms with Crippen molar-refractivity contribution >= 4 is 15.9 Å². The van der Waals surface area contributed by atoms with Gasteiger partial charge in [0.15, 0.2) is 11.6 Å². The van der Waals surface area contributed by atoms with Gasteiger partial charge in [-0.05, 0) is 52.4 Å². The summed E-state index contributed by atoms with van der Waals surface area (Å²) < 4.78 is 26.9. The summed E-state index contributed by atoms with van der Waals surface area (Å²) in [7, 11) is 0. The van der Waals surface area contributed by atoms with Crippen LogP contribution in [0.2, 0.25) is 0 Å². The van der Waals surface area contributed by atoms with Gasteiger partial charge in [0.25, 0.3) is 0 Å². The number of rotatable bonds is 6. The number of benzene rings is 2. The molecule has 0 aliphatic heterocycles. The second-order valence-corrected chi connectivity index (χ2v) is 5.65. The van der Waals surface area contributed by atoms with Gasteiger partial charge in [-0.2, -0.15) is 0 Å². The number of hydrogen-bond acceptors (Lipinski definition) is 2. The fraction of sp³-hybridized carbons (Fsp3) is 0.250. The molecule has 0 radical (unpaired) electrons. The minimum atomic E-state index is -0.879. The van der Waals surface area contributed by atoms with Crippen molar-refractivity contribution in [2.45, 2.75) is 25.3 Å². The molecule has 0 fully saturated rings. The van der Waals surface area contributed by atoms with Crippen LogP contribution >= 0.6 is 15.9 Å². The van der Waals surface area contributed by atoms with Crippen LogP contribution in [-0.2, 0) is 6.42 Å². The standard InChI is InChI=1S/C16H17BrF2N2/c17-15-12(9-10-13(18)16(15)19)14(21-20)8-4-7-11-5-2-1-3-6-11/h1-3,5-6,9-10,14,21H,4,7-8,20H2. The first-order valence-electron chi connectivity index (χ1n) is 6.77. The molecule has 2 rings (SSSR count). The molecule has 5 heteroatoms. The molecular formula is C16H17BrF2N2. The topological polar surface area (TPSA) is 38.0 Å². The Kier molecular flexibility index (Phi) is 5.85. The predicted molar refractivity (Wildman–Crippen MR) is 83.5 cm³/mol. The third-order valence-electron chi connectivity index (χ3n) is 3.44. The minimum Gasteiger partial charge on any atom is -0.271 e. The number of aryl methyl sites for hydroxylation is 1. The summed E-state index contributed by atoms with van der Waals surface area (Å²) in [5.74, 6) is 3.81. The van der Waals surface area contributed by atoms with Crippen LogP contribution in [0.25, 0.3) is 0 Å². The minimum absolute atomic E-state index is 0.130. The summed E-state index contributed by atoms with van der Waals surface area (Å²) in [6.45, 7) is 0. The lowest BCUT2D eigenvalue weighted by molar-refractivity contribution is 0.475. The van der Waals surface area contributed by atoms with E-state index in [0.29, 0.717) is 5.56 Å². The largest absolute Gasteiger partial charge is 0.271 e. The lowest BCUT2D eigenvalue weighted by Gasteiger charge is -2.18. The van der Waals surface area contributed by atoms with E-state index in [2.05, 4.69) is 33.5 Å². The van der Waals surface area contributed by atoms with Crippen LogP contribution in [0.15, 0.2) is 46.9 Å². The molecule has 0 saturated heterocycles. The van der Waals surface area contributed by atoms with Gasteiger partial charge in [0.1, 0.15) is 0 Å². The second-order valence-electron chi connectivity index (χ2n) is 4.86. The fourth-order valence-corrected chi connectivity index (χ4v) is 2.89. The summed E-state index contributed by atoms with van der Waals surface area (Å²) in [4.78, 5) is 0. The van der Waals surface area contributed by atoms with Crippen LogP contribution in [0.5, 0.6) is 0 Å². The van der Waals surface area contributed by atoms with Crippen LogP contribution in [0, 0.1) is 11.6 Å².